The molecule has 44 heavy (non-hydrogen) atoms. The van der Waals surface area contributed by atoms with Crippen LogP contribution in [-0.2, 0) is 9.53 Å². The van der Waals surface area contributed by atoms with E-state index in [2.05, 4.69) is 78.0 Å². The highest BCUT2D eigenvalue weighted by Gasteiger charge is 1.96. The summed E-state index contributed by atoms with van der Waals surface area (Å²) in [6.07, 6.45) is 48.4. The van der Waals surface area contributed by atoms with Gasteiger partial charge in [0, 0.05) is 6.08 Å². The van der Waals surface area contributed by atoms with Crippen LogP contribution >= 0.6 is 0 Å². The Morgan fingerprint density at radius 1 is 0.500 bits per heavy atom. The average molecular weight is 603 g/mol. The molecular weight excluding hydrogens is 536 g/mol. The smallest absolute Gasteiger partial charge is 0.331 e. The Hall–Kier alpha value is -2.87. The first-order valence-electron chi connectivity index (χ1n) is 17.4. The zero-order valence-electron chi connectivity index (χ0n) is 29.4. The van der Waals surface area contributed by atoms with Gasteiger partial charge in [0.2, 0.25) is 0 Å². The van der Waals surface area contributed by atoms with E-state index in [1.165, 1.54) is 86.2 Å². The van der Waals surface area contributed by atoms with Gasteiger partial charge in [-0.15, -0.1) is 0 Å². The van der Waals surface area contributed by atoms with Crippen molar-refractivity contribution in [1.82, 2.24) is 0 Å². The Bertz CT molecular complexity index is 987. The normalized spacial score (nSPS) is 13.5. The first-order valence-corrected chi connectivity index (χ1v) is 17.4. The minimum Gasteiger partial charge on any atom is -0.458 e. The van der Waals surface area contributed by atoms with Crippen LogP contribution in [0.4, 0.5) is 0 Å². The van der Waals surface area contributed by atoms with Crippen molar-refractivity contribution in [3.05, 3.63) is 107 Å². The monoisotopic (exact) mass is 603 g/mol. The molecule has 0 aromatic rings. The molecule has 0 saturated heterocycles. The first-order chi connectivity index (χ1) is 21.3. The number of carbonyl (C=O) groups excluding carboxylic acids is 1. The fraction of sp³-hybridized carbons (Fsp3) is 0.548. The van der Waals surface area contributed by atoms with E-state index >= 15 is 0 Å². The molecular formula is C42H66O2. The first kappa shape index (κ1) is 41.1. The van der Waals surface area contributed by atoms with Gasteiger partial charge in [-0.1, -0.05) is 153 Å². The van der Waals surface area contributed by atoms with E-state index in [1.807, 2.05) is 36.5 Å². The van der Waals surface area contributed by atoms with Crippen LogP contribution in [0.5, 0.6) is 0 Å². The molecule has 0 heterocycles. The van der Waals surface area contributed by atoms with E-state index in [9.17, 15) is 4.79 Å². The number of hydrogen-bond donors (Lipinski definition) is 0. The number of unbranched alkanes of at least 4 members (excludes halogenated alkanes) is 9. The SMILES string of the molecule is CCCCCCCCCCCC=CC=CC=CC=CC=CC(=O)OC/C=C(\C)CC/C=C(\C)CC/C=C(\C)CCC=C(C)C. The second kappa shape index (κ2) is 31.6. The van der Waals surface area contributed by atoms with Crippen molar-refractivity contribution in [3.63, 3.8) is 0 Å². The van der Waals surface area contributed by atoms with Crippen molar-refractivity contribution in [1.29, 1.82) is 0 Å². The summed E-state index contributed by atoms with van der Waals surface area (Å²) in [7, 11) is 0. The number of allylic oxidation sites excluding steroid dienone is 16. The quantitative estimate of drug-likeness (QED) is 0.0324. The van der Waals surface area contributed by atoms with Gasteiger partial charge in [-0.05, 0) is 92.1 Å². The lowest BCUT2D eigenvalue weighted by Gasteiger charge is -2.03. The third-order valence-electron chi connectivity index (χ3n) is 7.43. The molecule has 0 aliphatic carbocycles. The third-order valence-corrected chi connectivity index (χ3v) is 7.43. The number of ether oxygens (including phenoxy) is 1. The van der Waals surface area contributed by atoms with Gasteiger partial charge >= 0.3 is 5.97 Å². The van der Waals surface area contributed by atoms with E-state index in [-0.39, 0.29) is 5.97 Å². The fourth-order valence-electron chi connectivity index (χ4n) is 4.57. The number of carbonyl (C=O) groups is 1. The van der Waals surface area contributed by atoms with Crippen LogP contribution in [0.25, 0.3) is 0 Å². The van der Waals surface area contributed by atoms with Gasteiger partial charge in [-0.25, -0.2) is 4.79 Å². The van der Waals surface area contributed by atoms with Gasteiger partial charge in [-0.2, -0.15) is 0 Å². The van der Waals surface area contributed by atoms with Gasteiger partial charge in [0.05, 0.1) is 0 Å². The molecule has 0 spiro atoms. The molecule has 0 N–H and O–H groups in total. The number of esters is 1. The highest BCUT2D eigenvalue weighted by molar-refractivity contribution is 5.82. The van der Waals surface area contributed by atoms with E-state index in [0.29, 0.717) is 6.61 Å². The lowest BCUT2D eigenvalue weighted by molar-refractivity contribution is -0.136. The standard InChI is InChI=1S/C42H66O2/c1-7-8-9-10-11-12-13-14-15-16-17-18-19-20-21-22-23-24-25-35-42(43)44-37-36-41(6)34-28-33-40(5)32-27-31-39(4)30-26-29-38(2)3/h17-25,29,31,33,35-36H,7-16,26-28,30,32,34,37H2,1-6H3/b18-17?,20-19?,22-21?,24-23?,35-25?,39-31+,40-33+,41-36+. The van der Waals surface area contributed by atoms with E-state index < -0.39 is 0 Å². The fourth-order valence-corrected chi connectivity index (χ4v) is 4.57. The summed E-state index contributed by atoms with van der Waals surface area (Å²) in [6, 6.07) is 0. The van der Waals surface area contributed by atoms with Crippen LogP contribution in [-0.4, -0.2) is 12.6 Å². The maximum Gasteiger partial charge on any atom is 0.331 e. The summed E-state index contributed by atoms with van der Waals surface area (Å²) in [5, 5.41) is 0. The molecule has 0 radical (unpaired) electrons. The average Bonchev–Trinajstić information content (AvgIpc) is 2.98. The Morgan fingerprint density at radius 3 is 1.50 bits per heavy atom. The summed E-state index contributed by atoms with van der Waals surface area (Å²) < 4.78 is 5.30. The van der Waals surface area contributed by atoms with Crippen molar-refractivity contribution < 1.29 is 9.53 Å². The summed E-state index contributed by atoms with van der Waals surface area (Å²) in [5.41, 5.74) is 5.57. The van der Waals surface area contributed by atoms with Crippen molar-refractivity contribution in [3.8, 4) is 0 Å². The summed E-state index contributed by atoms with van der Waals surface area (Å²) >= 11 is 0. The highest BCUT2D eigenvalue weighted by atomic mass is 16.5. The molecule has 0 fully saturated rings. The molecule has 246 valence electrons. The van der Waals surface area contributed by atoms with Crippen molar-refractivity contribution >= 4 is 5.97 Å². The molecule has 0 aromatic heterocycles. The maximum atomic E-state index is 11.9. The number of rotatable bonds is 26. The molecule has 0 amide bonds. The number of hydrogen-bond acceptors (Lipinski definition) is 2. The Morgan fingerprint density at radius 2 is 0.955 bits per heavy atom. The lowest BCUT2D eigenvalue weighted by Crippen LogP contribution is -2.00. The van der Waals surface area contributed by atoms with Crippen LogP contribution in [0.1, 0.15) is 144 Å². The molecule has 0 aromatic carbocycles. The molecule has 2 heteroatoms. The van der Waals surface area contributed by atoms with Crippen molar-refractivity contribution in [2.75, 3.05) is 6.61 Å². The molecule has 0 unspecified atom stereocenters. The predicted octanol–water partition coefficient (Wildman–Crippen LogP) is 13.4. The predicted molar refractivity (Wildman–Crippen MR) is 197 cm³/mol. The minimum atomic E-state index is -0.320. The Balaban J connectivity index is 3.95. The molecule has 0 atom stereocenters. The van der Waals surface area contributed by atoms with Gasteiger partial charge in [0.25, 0.3) is 0 Å². The Kier molecular flexibility index (Phi) is 29.5. The third kappa shape index (κ3) is 32.1. The topological polar surface area (TPSA) is 26.3 Å². The van der Waals surface area contributed by atoms with Crippen molar-refractivity contribution in [2.24, 2.45) is 0 Å². The van der Waals surface area contributed by atoms with Crippen LogP contribution in [0, 0.1) is 0 Å². The molecule has 2 nitrogen and oxygen atoms in total. The van der Waals surface area contributed by atoms with E-state index in [1.54, 1.807) is 6.08 Å². The second-order valence-electron chi connectivity index (χ2n) is 12.2. The van der Waals surface area contributed by atoms with E-state index in [4.69, 9.17) is 4.74 Å². The molecule has 0 saturated carbocycles. The van der Waals surface area contributed by atoms with Crippen LogP contribution < -0.4 is 0 Å². The molecule has 0 aliphatic heterocycles. The summed E-state index contributed by atoms with van der Waals surface area (Å²) in [6.45, 7) is 13.5. The van der Waals surface area contributed by atoms with Gasteiger partial charge in [-0.3, -0.25) is 0 Å². The summed E-state index contributed by atoms with van der Waals surface area (Å²) in [5.74, 6) is -0.320. The highest BCUT2D eigenvalue weighted by Crippen LogP contribution is 2.14. The van der Waals surface area contributed by atoms with Crippen LogP contribution in [0.3, 0.4) is 0 Å². The lowest BCUT2D eigenvalue weighted by atomic mass is 10.0. The van der Waals surface area contributed by atoms with Gasteiger partial charge in [0.1, 0.15) is 6.61 Å². The Labute approximate surface area is 273 Å². The zero-order valence-corrected chi connectivity index (χ0v) is 29.4. The molecule has 0 bridgehead atoms. The molecule has 0 aliphatic rings. The zero-order chi connectivity index (χ0) is 32.5. The largest absolute Gasteiger partial charge is 0.458 e. The van der Waals surface area contributed by atoms with Crippen LogP contribution in [0.2, 0.25) is 0 Å². The maximum absolute atomic E-state index is 11.9. The van der Waals surface area contributed by atoms with Crippen LogP contribution in [0.15, 0.2) is 107 Å². The van der Waals surface area contributed by atoms with Crippen molar-refractivity contribution in [2.45, 2.75) is 144 Å². The minimum absolute atomic E-state index is 0.315. The van der Waals surface area contributed by atoms with Gasteiger partial charge < -0.3 is 4.74 Å². The van der Waals surface area contributed by atoms with E-state index in [0.717, 1.165) is 44.9 Å². The molecule has 0 rings (SSSR count). The van der Waals surface area contributed by atoms with Gasteiger partial charge in [0.15, 0.2) is 0 Å². The second-order valence-corrected chi connectivity index (χ2v) is 12.2. The summed E-state index contributed by atoms with van der Waals surface area (Å²) in [4.78, 5) is 11.9.